The van der Waals surface area contributed by atoms with E-state index in [1.165, 1.54) is 4.90 Å². The van der Waals surface area contributed by atoms with Crippen LogP contribution >= 0.6 is 0 Å². The summed E-state index contributed by atoms with van der Waals surface area (Å²) in [4.78, 5) is 60.6. The Kier molecular flexibility index (Phi) is 10.1. The first-order chi connectivity index (χ1) is 25.8. The van der Waals surface area contributed by atoms with Crippen molar-refractivity contribution in [3.63, 3.8) is 0 Å². The number of nitrogens with one attached hydrogen (secondary N) is 3. The molecule has 2 aromatic rings. The Balaban J connectivity index is 1.22. The third-order valence-electron chi connectivity index (χ3n) is 11.6. The molecule has 0 radical (unpaired) electrons. The van der Waals surface area contributed by atoms with E-state index in [0.717, 1.165) is 0 Å². The van der Waals surface area contributed by atoms with Crippen molar-refractivity contribution in [1.82, 2.24) is 25.2 Å². The van der Waals surface area contributed by atoms with Gasteiger partial charge in [0.05, 0.1) is 6.54 Å². The molecule has 4 heterocycles. The van der Waals surface area contributed by atoms with Gasteiger partial charge in [-0.05, 0) is 68.6 Å². The third kappa shape index (κ3) is 7.02. The highest BCUT2D eigenvalue weighted by Crippen LogP contribution is 2.48. The molecule has 0 bridgehead atoms. The molecule has 2 saturated carbocycles. The number of nitrogens with zero attached hydrogens (tertiary/aromatic N) is 2. The summed E-state index contributed by atoms with van der Waals surface area (Å²) in [5.41, 5.74) is -1.67. The van der Waals surface area contributed by atoms with Crippen LogP contribution in [0.25, 0.3) is 10.8 Å². The summed E-state index contributed by atoms with van der Waals surface area (Å²) in [6.07, 6.45) is 5.56. The predicted molar refractivity (Wildman–Crippen MR) is 192 cm³/mol. The van der Waals surface area contributed by atoms with Gasteiger partial charge in [-0.2, -0.15) is 0 Å². The molecule has 3 fully saturated rings. The molecule has 54 heavy (non-hydrogen) atoms. The van der Waals surface area contributed by atoms with Gasteiger partial charge in [0.1, 0.15) is 48.4 Å². The number of rotatable bonds is 8. The fourth-order valence-corrected chi connectivity index (χ4v) is 9.52. The van der Waals surface area contributed by atoms with E-state index in [1.807, 2.05) is 19.9 Å². The molecule has 292 valence electrons. The first kappa shape index (κ1) is 37.6. The SMILES string of the molecule is CC[C@@H]1C[C@@H](C)CC/C=C\[C@@H]2C[C@@]2(C(=O)NS(=O)(=O)C2(CF)CC2)NC(=O)[C@@H]2C[C@@H](Oc3nccc4c5c(ccc34)OCCO5)CN2C(=O)[C@H]1NC(=O)O. The van der Waals surface area contributed by atoms with Gasteiger partial charge < -0.3 is 34.9 Å². The standard InChI is InChI=1S/C37H46FN5O10S/c1-3-22-16-21(2)6-4-5-7-23-18-37(23,34(46)42-54(49,50)36(20-38)11-12-36)41-31(44)27-17-24(19-43(27)33(45)29(22)40-35(47)48)53-32-26-8-9-28-30(52-15-14-51-28)25(26)10-13-39-32/h5,7-10,13,21-24,27,29,40H,3-4,6,11-12,14-20H2,1-2H3,(H,41,44)(H,42,46)(H,47,48)/b7-5-/t21-,22+,23+,24+,27-,29-,37+/m0/s1. The first-order valence-electron chi connectivity index (χ1n) is 18.6. The fourth-order valence-electron chi connectivity index (χ4n) is 8.09. The Morgan fingerprint density at radius 3 is 2.65 bits per heavy atom. The van der Waals surface area contributed by atoms with Crippen molar-refractivity contribution in [3.05, 3.63) is 36.5 Å². The molecule has 0 spiro atoms. The molecular weight excluding hydrogens is 725 g/mol. The molecule has 1 aromatic carbocycles. The monoisotopic (exact) mass is 771 g/mol. The number of carbonyl (C=O) groups is 4. The average molecular weight is 772 g/mol. The van der Waals surface area contributed by atoms with E-state index in [1.54, 1.807) is 30.5 Å². The van der Waals surface area contributed by atoms with Crippen LogP contribution in [0, 0.1) is 17.8 Å². The number of hydrogen-bond acceptors (Lipinski definition) is 10. The van der Waals surface area contributed by atoms with E-state index in [4.69, 9.17) is 14.2 Å². The lowest BCUT2D eigenvalue weighted by atomic mass is 9.85. The van der Waals surface area contributed by atoms with Crippen molar-refractivity contribution < 1.29 is 51.3 Å². The van der Waals surface area contributed by atoms with Crippen LogP contribution in [0.15, 0.2) is 36.5 Å². The zero-order chi connectivity index (χ0) is 38.4. The van der Waals surface area contributed by atoms with Crippen LogP contribution < -0.4 is 29.6 Å². The van der Waals surface area contributed by atoms with Gasteiger partial charge in [0.15, 0.2) is 11.5 Å². The maximum Gasteiger partial charge on any atom is 0.405 e. The number of hydrogen-bond donors (Lipinski definition) is 4. The molecule has 4 amide bonds. The normalized spacial score (nSPS) is 31.1. The highest BCUT2D eigenvalue weighted by atomic mass is 32.2. The maximum absolute atomic E-state index is 14.5. The summed E-state index contributed by atoms with van der Waals surface area (Å²) in [7, 11) is -4.39. The van der Waals surface area contributed by atoms with Crippen molar-refractivity contribution in [2.45, 2.75) is 93.7 Å². The van der Waals surface area contributed by atoms with Crippen LogP contribution in [-0.2, 0) is 24.4 Å². The van der Waals surface area contributed by atoms with Crippen molar-refractivity contribution >= 4 is 44.6 Å². The molecule has 7 rings (SSSR count). The highest BCUT2D eigenvalue weighted by molar-refractivity contribution is 7.91. The Morgan fingerprint density at radius 2 is 1.93 bits per heavy atom. The maximum atomic E-state index is 14.5. The highest BCUT2D eigenvalue weighted by Gasteiger charge is 2.64. The number of fused-ring (bicyclic) bond motifs is 5. The van der Waals surface area contributed by atoms with E-state index >= 15 is 0 Å². The molecule has 1 saturated heterocycles. The topological polar surface area (TPSA) is 203 Å². The Morgan fingerprint density at radius 1 is 1.15 bits per heavy atom. The van der Waals surface area contributed by atoms with Crippen LogP contribution in [0.5, 0.6) is 17.4 Å². The molecule has 7 atom stereocenters. The summed E-state index contributed by atoms with van der Waals surface area (Å²) >= 11 is 0. The third-order valence-corrected chi connectivity index (χ3v) is 13.7. The number of halogens is 1. The first-order valence-corrected chi connectivity index (χ1v) is 20.0. The van der Waals surface area contributed by atoms with E-state index < -0.39 is 80.8 Å². The number of pyridine rings is 1. The van der Waals surface area contributed by atoms with Crippen molar-refractivity contribution in [2.75, 3.05) is 26.4 Å². The second kappa shape index (κ2) is 14.5. The minimum atomic E-state index is -4.39. The number of sulfonamides is 1. The number of benzene rings is 1. The van der Waals surface area contributed by atoms with Crippen molar-refractivity contribution in [2.24, 2.45) is 17.8 Å². The lowest BCUT2D eigenvalue weighted by molar-refractivity contribution is -0.142. The van der Waals surface area contributed by atoms with Crippen LogP contribution in [0.1, 0.15) is 65.2 Å². The smallest absolute Gasteiger partial charge is 0.405 e. The zero-order valence-corrected chi connectivity index (χ0v) is 31.0. The number of ether oxygens (including phenoxy) is 3. The molecule has 2 aliphatic carbocycles. The van der Waals surface area contributed by atoms with E-state index in [-0.39, 0.29) is 44.0 Å². The quantitative estimate of drug-likeness (QED) is 0.287. The molecule has 5 aliphatic rings. The molecular formula is C37H46FN5O10S. The summed E-state index contributed by atoms with van der Waals surface area (Å²) in [5.74, 6) is -1.85. The number of allylic oxidation sites excluding steroid dienone is 1. The Labute approximate surface area is 312 Å². The Hall–Kier alpha value is -4.67. The predicted octanol–water partition coefficient (Wildman–Crippen LogP) is 3.22. The van der Waals surface area contributed by atoms with Gasteiger partial charge in [-0.15, -0.1) is 0 Å². The van der Waals surface area contributed by atoms with Crippen LogP contribution in [-0.4, -0.2) is 102 Å². The van der Waals surface area contributed by atoms with Gasteiger partial charge >= 0.3 is 6.09 Å². The van der Waals surface area contributed by atoms with Gasteiger partial charge in [-0.3, -0.25) is 19.1 Å². The number of carboxylic acid groups (broad SMARTS) is 1. The second-order valence-electron chi connectivity index (χ2n) is 15.2. The molecule has 4 N–H and O–H groups in total. The molecule has 1 aromatic heterocycles. The number of amides is 4. The lowest BCUT2D eigenvalue weighted by Crippen LogP contribution is -2.59. The lowest BCUT2D eigenvalue weighted by Gasteiger charge is -2.33. The summed E-state index contributed by atoms with van der Waals surface area (Å²) in [6.45, 7) is 3.42. The Bertz CT molecular complexity index is 1970. The van der Waals surface area contributed by atoms with Crippen LogP contribution in [0.4, 0.5) is 9.18 Å². The van der Waals surface area contributed by atoms with Gasteiger partial charge in [0.2, 0.25) is 27.7 Å². The average Bonchev–Trinajstić information content (AvgIpc) is 4.05. The van der Waals surface area contributed by atoms with E-state index in [2.05, 4.69) is 20.3 Å². The summed E-state index contributed by atoms with van der Waals surface area (Å²) in [6, 6.07) is 2.88. The summed E-state index contributed by atoms with van der Waals surface area (Å²) in [5, 5.41) is 16.4. The fraction of sp³-hybridized carbons (Fsp3) is 0.595. The van der Waals surface area contributed by atoms with Crippen molar-refractivity contribution in [1.29, 1.82) is 0 Å². The molecule has 15 nitrogen and oxygen atoms in total. The number of alkyl halides is 1. The second-order valence-corrected chi connectivity index (χ2v) is 17.3. The van der Waals surface area contributed by atoms with Gasteiger partial charge in [-0.1, -0.05) is 32.4 Å². The summed E-state index contributed by atoms with van der Waals surface area (Å²) < 4.78 is 58.5. The molecule has 3 aliphatic heterocycles. The minimum Gasteiger partial charge on any atom is -0.486 e. The molecule has 17 heteroatoms. The number of aromatic nitrogens is 1. The number of carbonyl (C=O) groups excluding carboxylic acids is 3. The largest absolute Gasteiger partial charge is 0.486 e. The van der Waals surface area contributed by atoms with Crippen LogP contribution in [0.2, 0.25) is 0 Å². The van der Waals surface area contributed by atoms with Crippen molar-refractivity contribution in [3.8, 4) is 17.4 Å². The molecule has 0 unspecified atom stereocenters. The van der Waals surface area contributed by atoms with E-state index in [0.29, 0.717) is 61.2 Å². The minimum absolute atomic E-state index is 0.0470. The zero-order valence-electron chi connectivity index (χ0n) is 30.2. The van der Waals surface area contributed by atoms with Crippen LogP contribution in [0.3, 0.4) is 0 Å². The van der Waals surface area contributed by atoms with Gasteiger partial charge in [0, 0.05) is 29.3 Å². The van der Waals surface area contributed by atoms with Gasteiger partial charge in [-0.25, -0.2) is 22.6 Å². The van der Waals surface area contributed by atoms with E-state index in [9.17, 15) is 37.1 Å². The van der Waals surface area contributed by atoms with Gasteiger partial charge in [0.25, 0.3) is 5.91 Å².